The fourth-order valence-corrected chi connectivity index (χ4v) is 2.00. The molecule has 1 heterocycles. The maximum atomic E-state index is 9.34. The molecule has 0 saturated carbocycles. The van der Waals surface area contributed by atoms with Gasteiger partial charge in [-0.15, -0.1) is 10.2 Å². The summed E-state index contributed by atoms with van der Waals surface area (Å²) in [6.07, 6.45) is 0.874. The molecule has 0 aliphatic heterocycles. The molecule has 0 aliphatic carbocycles. The van der Waals surface area contributed by atoms with Crippen LogP contribution < -0.4 is 5.32 Å². The second kappa shape index (κ2) is 5.01. The molecule has 0 saturated heterocycles. The van der Waals surface area contributed by atoms with E-state index in [4.69, 9.17) is 0 Å². The van der Waals surface area contributed by atoms with Crippen molar-refractivity contribution in [3.05, 3.63) is 28.8 Å². The van der Waals surface area contributed by atoms with E-state index in [9.17, 15) is 10.2 Å². The number of rotatable bonds is 4. The van der Waals surface area contributed by atoms with Crippen molar-refractivity contribution in [2.75, 3.05) is 5.32 Å². The highest BCUT2D eigenvalue weighted by Gasteiger charge is 2.03. The molecule has 2 rings (SSSR count). The van der Waals surface area contributed by atoms with Gasteiger partial charge in [-0.05, 0) is 24.1 Å². The van der Waals surface area contributed by atoms with Gasteiger partial charge in [0.05, 0.1) is 0 Å². The van der Waals surface area contributed by atoms with E-state index in [1.165, 1.54) is 23.5 Å². The summed E-state index contributed by atoms with van der Waals surface area (Å²) >= 11 is 1.51. The van der Waals surface area contributed by atoms with Crippen molar-refractivity contribution in [3.63, 3.8) is 0 Å². The summed E-state index contributed by atoms with van der Waals surface area (Å²) in [5.74, 6) is -0.228. The molecule has 6 heteroatoms. The number of aromatic hydroxyl groups is 2. The molecule has 0 aliphatic rings. The number of aryl methyl sites for hydroxylation is 1. The van der Waals surface area contributed by atoms with Crippen molar-refractivity contribution < 1.29 is 10.2 Å². The Bertz CT molecular complexity index is 513. The monoisotopic (exact) mass is 251 g/mol. The molecule has 0 unspecified atom stereocenters. The molecule has 1 aromatic heterocycles. The van der Waals surface area contributed by atoms with Crippen molar-refractivity contribution in [2.24, 2.45) is 0 Å². The molecule has 0 amide bonds. The van der Waals surface area contributed by atoms with Gasteiger partial charge in [0.2, 0.25) is 5.13 Å². The predicted octanol–water partition coefficient (Wildman–Crippen LogP) is 2.12. The average Bonchev–Trinajstić information content (AvgIpc) is 2.79. The van der Waals surface area contributed by atoms with Gasteiger partial charge >= 0.3 is 0 Å². The Morgan fingerprint density at radius 1 is 1.24 bits per heavy atom. The van der Waals surface area contributed by atoms with Crippen LogP contribution in [0.2, 0.25) is 0 Å². The SMILES string of the molecule is CCc1nnc(NCc2ccc(O)c(O)c2)s1. The highest BCUT2D eigenvalue weighted by Crippen LogP contribution is 2.25. The van der Waals surface area contributed by atoms with Crippen LogP contribution in [0.1, 0.15) is 17.5 Å². The largest absolute Gasteiger partial charge is 0.504 e. The summed E-state index contributed by atoms with van der Waals surface area (Å²) in [5.41, 5.74) is 0.869. The number of aromatic nitrogens is 2. The molecule has 90 valence electrons. The molecule has 2 aromatic rings. The van der Waals surface area contributed by atoms with Crippen molar-refractivity contribution in [1.29, 1.82) is 0 Å². The number of anilines is 1. The number of phenolic OH excluding ortho intramolecular Hbond substituents is 2. The molecule has 1 aromatic carbocycles. The van der Waals surface area contributed by atoms with Crippen molar-refractivity contribution >= 4 is 16.5 Å². The van der Waals surface area contributed by atoms with E-state index in [-0.39, 0.29) is 11.5 Å². The Kier molecular flexibility index (Phi) is 3.43. The zero-order valence-electron chi connectivity index (χ0n) is 9.34. The number of hydrogen-bond donors (Lipinski definition) is 3. The molecule has 0 fully saturated rings. The van der Waals surface area contributed by atoms with Gasteiger partial charge in [-0.3, -0.25) is 0 Å². The number of benzene rings is 1. The summed E-state index contributed by atoms with van der Waals surface area (Å²) in [5, 5.41) is 31.4. The van der Waals surface area contributed by atoms with E-state index in [0.29, 0.717) is 6.54 Å². The van der Waals surface area contributed by atoms with Crippen LogP contribution in [0.25, 0.3) is 0 Å². The maximum absolute atomic E-state index is 9.34. The first-order valence-corrected chi connectivity index (χ1v) is 6.07. The van der Waals surface area contributed by atoms with Gasteiger partial charge in [-0.25, -0.2) is 0 Å². The summed E-state index contributed by atoms with van der Waals surface area (Å²) in [6, 6.07) is 4.72. The summed E-state index contributed by atoms with van der Waals surface area (Å²) in [4.78, 5) is 0. The lowest BCUT2D eigenvalue weighted by Gasteiger charge is -2.03. The summed E-state index contributed by atoms with van der Waals surface area (Å²) < 4.78 is 0. The molecule has 3 N–H and O–H groups in total. The lowest BCUT2D eigenvalue weighted by molar-refractivity contribution is 0.403. The third kappa shape index (κ3) is 2.85. The predicted molar refractivity (Wildman–Crippen MR) is 66.4 cm³/mol. The zero-order valence-corrected chi connectivity index (χ0v) is 10.2. The van der Waals surface area contributed by atoms with Crippen LogP contribution in [0.3, 0.4) is 0 Å². The first-order chi connectivity index (χ1) is 8.19. The second-order valence-electron chi connectivity index (χ2n) is 3.53. The van der Waals surface area contributed by atoms with Crippen LogP contribution in [0.5, 0.6) is 11.5 Å². The highest BCUT2D eigenvalue weighted by molar-refractivity contribution is 7.15. The topological polar surface area (TPSA) is 78.3 Å². The fraction of sp³-hybridized carbons (Fsp3) is 0.273. The second-order valence-corrected chi connectivity index (χ2v) is 4.59. The number of hydrogen-bond acceptors (Lipinski definition) is 6. The van der Waals surface area contributed by atoms with Crippen LogP contribution in [0.15, 0.2) is 18.2 Å². The average molecular weight is 251 g/mol. The van der Waals surface area contributed by atoms with Crippen molar-refractivity contribution in [2.45, 2.75) is 19.9 Å². The number of phenols is 2. The highest BCUT2D eigenvalue weighted by atomic mass is 32.1. The van der Waals surface area contributed by atoms with E-state index in [2.05, 4.69) is 15.5 Å². The van der Waals surface area contributed by atoms with E-state index in [1.54, 1.807) is 6.07 Å². The Labute approximate surface area is 103 Å². The fourth-order valence-electron chi connectivity index (χ4n) is 1.32. The molecule has 0 atom stereocenters. The molecular formula is C11H13N3O2S. The van der Waals surface area contributed by atoms with Gasteiger partial charge in [0, 0.05) is 6.54 Å². The molecule has 0 radical (unpaired) electrons. The Morgan fingerprint density at radius 3 is 2.71 bits per heavy atom. The minimum absolute atomic E-state index is 0.113. The van der Waals surface area contributed by atoms with Gasteiger partial charge in [0.25, 0.3) is 0 Å². The third-order valence-electron chi connectivity index (χ3n) is 2.25. The lowest BCUT2D eigenvalue weighted by atomic mass is 10.2. The van der Waals surface area contributed by atoms with Gasteiger partial charge < -0.3 is 15.5 Å². The normalized spacial score (nSPS) is 10.4. The van der Waals surface area contributed by atoms with Crippen LogP contribution >= 0.6 is 11.3 Å². The minimum atomic E-state index is -0.115. The van der Waals surface area contributed by atoms with E-state index in [0.717, 1.165) is 22.1 Å². The van der Waals surface area contributed by atoms with Gasteiger partial charge in [0.1, 0.15) is 5.01 Å². The van der Waals surface area contributed by atoms with Gasteiger partial charge in [0.15, 0.2) is 11.5 Å². The maximum Gasteiger partial charge on any atom is 0.205 e. The molecular weight excluding hydrogens is 238 g/mol. The molecule has 0 spiro atoms. The molecule has 0 bridgehead atoms. The van der Waals surface area contributed by atoms with E-state index < -0.39 is 0 Å². The van der Waals surface area contributed by atoms with Crippen molar-refractivity contribution in [1.82, 2.24) is 10.2 Å². The first kappa shape index (κ1) is 11.7. The zero-order chi connectivity index (χ0) is 12.3. The molecule has 17 heavy (non-hydrogen) atoms. The van der Waals surface area contributed by atoms with Gasteiger partial charge in [-0.1, -0.05) is 24.3 Å². The summed E-state index contributed by atoms with van der Waals surface area (Å²) in [7, 11) is 0. The Morgan fingerprint density at radius 2 is 2.06 bits per heavy atom. The first-order valence-electron chi connectivity index (χ1n) is 5.26. The van der Waals surface area contributed by atoms with E-state index in [1.807, 2.05) is 6.92 Å². The van der Waals surface area contributed by atoms with Crippen molar-refractivity contribution in [3.8, 4) is 11.5 Å². The van der Waals surface area contributed by atoms with E-state index >= 15 is 0 Å². The van der Waals surface area contributed by atoms with Crippen LogP contribution in [0.4, 0.5) is 5.13 Å². The number of nitrogens with zero attached hydrogens (tertiary/aromatic N) is 2. The van der Waals surface area contributed by atoms with Crippen LogP contribution in [-0.2, 0) is 13.0 Å². The summed E-state index contributed by atoms with van der Waals surface area (Å²) in [6.45, 7) is 2.56. The minimum Gasteiger partial charge on any atom is -0.504 e. The number of nitrogens with one attached hydrogen (secondary N) is 1. The molecule has 5 nitrogen and oxygen atoms in total. The standard InChI is InChI=1S/C11H13N3O2S/c1-2-10-13-14-11(17-10)12-6-7-3-4-8(15)9(16)5-7/h3-5,15-16H,2,6H2,1H3,(H,12,14). The smallest absolute Gasteiger partial charge is 0.205 e. The quantitative estimate of drug-likeness (QED) is 0.725. The Hall–Kier alpha value is -1.82. The van der Waals surface area contributed by atoms with Crippen LogP contribution in [0, 0.1) is 0 Å². The van der Waals surface area contributed by atoms with Crippen LogP contribution in [-0.4, -0.2) is 20.4 Å². The lowest BCUT2D eigenvalue weighted by Crippen LogP contribution is -1.98. The third-order valence-corrected chi connectivity index (χ3v) is 3.28. The Balaban J connectivity index is 1.99. The van der Waals surface area contributed by atoms with Gasteiger partial charge in [-0.2, -0.15) is 0 Å².